The van der Waals surface area contributed by atoms with Gasteiger partial charge in [0.25, 0.3) is 5.91 Å². The summed E-state index contributed by atoms with van der Waals surface area (Å²) >= 11 is 0. The SMILES string of the molecule is CC1=C(C(=O)Nc2ccccc2)[C@H](c2ccccc2C(F)(F)F)C2=C(CCCC2=O)N1. The number of nitrogens with one attached hydrogen (secondary N) is 2. The minimum atomic E-state index is -4.62. The van der Waals surface area contributed by atoms with Crippen molar-refractivity contribution in [2.75, 3.05) is 5.32 Å². The fourth-order valence-electron chi connectivity index (χ4n) is 4.32. The van der Waals surface area contributed by atoms with E-state index in [9.17, 15) is 22.8 Å². The van der Waals surface area contributed by atoms with Crippen LogP contribution in [-0.2, 0) is 15.8 Å². The van der Waals surface area contributed by atoms with Gasteiger partial charge in [0.2, 0.25) is 0 Å². The molecular weight excluding hydrogens is 405 g/mol. The molecule has 2 aromatic carbocycles. The number of carbonyl (C=O) groups excluding carboxylic acids is 2. The Balaban J connectivity index is 1.88. The number of carbonyl (C=O) groups is 2. The summed E-state index contributed by atoms with van der Waals surface area (Å²) in [5, 5.41) is 5.88. The van der Waals surface area contributed by atoms with E-state index in [0.29, 0.717) is 29.9 Å². The van der Waals surface area contributed by atoms with Crippen LogP contribution in [0.4, 0.5) is 18.9 Å². The Labute approximate surface area is 177 Å². The second-order valence-electron chi connectivity index (χ2n) is 7.67. The van der Waals surface area contributed by atoms with Gasteiger partial charge in [-0.15, -0.1) is 0 Å². The molecule has 2 aliphatic rings. The van der Waals surface area contributed by atoms with E-state index in [0.717, 1.165) is 6.07 Å². The Morgan fingerprint density at radius 2 is 1.71 bits per heavy atom. The van der Waals surface area contributed by atoms with E-state index in [1.807, 2.05) is 0 Å². The van der Waals surface area contributed by atoms with Crippen LogP contribution in [0.25, 0.3) is 0 Å². The number of dihydropyridines is 1. The van der Waals surface area contributed by atoms with Crippen molar-refractivity contribution in [3.63, 3.8) is 0 Å². The molecule has 4 rings (SSSR count). The Bertz CT molecular complexity index is 1100. The second kappa shape index (κ2) is 8.06. The number of rotatable bonds is 3. The maximum atomic E-state index is 13.9. The zero-order valence-corrected chi connectivity index (χ0v) is 16.8. The fraction of sp³-hybridized carbons (Fsp3) is 0.250. The highest BCUT2D eigenvalue weighted by molar-refractivity contribution is 6.09. The van der Waals surface area contributed by atoms with Gasteiger partial charge in [-0.2, -0.15) is 13.2 Å². The monoisotopic (exact) mass is 426 g/mol. The van der Waals surface area contributed by atoms with Gasteiger partial charge in [-0.05, 0) is 43.5 Å². The lowest BCUT2D eigenvalue weighted by Gasteiger charge is -2.35. The molecule has 0 spiro atoms. The number of Topliss-reactive ketones (excluding diaryl/α,β-unsaturated/α-hetero) is 1. The molecule has 1 heterocycles. The molecular formula is C24H21F3N2O2. The second-order valence-corrected chi connectivity index (χ2v) is 7.67. The van der Waals surface area contributed by atoms with E-state index >= 15 is 0 Å². The molecule has 0 bridgehead atoms. The van der Waals surface area contributed by atoms with Gasteiger partial charge in [-0.25, -0.2) is 0 Å². The van der Waals surface area contributed by atoms with Crippen molar-refractivity contribution in [3.8, 4) is 0 Å². The number of allylic oxidation sites excluding steroid dienone is 3. The highest BCUT2D eigenvalue weighted by Gasteiger charge is 2.43. The minimum Gasteiger partial charge on any atom is -0.362 e. The summed E-state index contributed by atoms with van der Waals surface area (Å²) in [4.78, 5) is 26.2. The van der Waals surface area contributed by atoms with E-state index in [4.69, 9.17) is 0 Å². The van der Waals surface area contributed by atoms with E-state index < -0.39 is 23.6 Å². The van der Waals surface area contributed by atoms with Crippen LogP contribution in [0.5, 0.6) is 0 Å². The number of hydrogen-bond acceptors (Lipinski definition) is 3. The zero-order valence-electron chi connectivity index (χ0n) is 16.8. The van der Waals surface area contributed by atoms with Crippen LogP contribution < -0.4 is 10.6 Å². The van der Waals surface area contributed by atoms with Gasteiger partial charge < -0.3 is 10.6 Å². The van der Waals surface area contributed by atoms with Gasteiger partial charge in [-0.3, -0.25) is 9.59 Å². The third kappa shape index (κ3) is 4.00. The topological polar surface area (TPSA) is 58.2 Å². The summed E-state index contributed by atoms with van der Waals surface area (Å²) < 4.78 is 41.6. The van der Waals surface area contributed by atoms with E-state index in [1.54, 1.807) is 37.3 Å². The summed E-state index contributed by atoms with van der Waals surface area (Å²) in [7, 11) is 0. The molecule has 1 atom stereocenters. The predicted octanol–water partition coefficient (Wildman–Crippen LogP) is 5.31. The molecule has 2 N–H and O–H groups in total. The number of alkyl halides is 3. The number of hydrogen-bond donors (Lipinski definition) is 2. The van der Waals surface area contributed by atoms with Crippen molar-refractivity contribution in [2.45, 2.75) is 38.3 Å². The molecule has 0 unspecified atom stereocenters. The van der Waals surface area contributed by atoms with Crippen molar-refractivity contribution in [1.29, 1.82) is 0 Å². The number of benzene rings is 2. The summed E-state index contributed by atoms with van der Waals surface area (Å²) in [6.07, 6.45) is -3.19. The van der Waals surface area contributed by atoms with Crippen LogP contribution in [0.2, 0.25) is 0 Å². The number of ketones is 1. The van der Waals surface area contributed by atoms with Gasteiger partial charge in [0.15, 0.2) is 5.78 Å². The van der Waals surface area contributed by atoms with E-state index in [1.165, 1.54) is 18.2 Å². The van der Waals surface area contributed by atoms with E-state index in [-0.39, 0.29) is 28.9 Å². The summed E-state index contributed by atoms with van der Waals surface area (Å²) in [6, 6.07) is 13.8. The number of halogens is 3. The summed E-state index contributed by atoms with van der Waals surface area (Å²) in [5.41, 5.74) is 1.02. The van der Waals surface area contributed by atoms with Gasteiger partial charge in [-0.1, -0.05) is 36.4 Å². The third-order valence-corrected chi connectivity index (χ3v) is 5.63. The molecule has 0 saturated carbocycles. The van der Waals surface area contributed by atoms with Crippen molar-refractivity contribution in [1.82, 2.24) is 5.32 Å². The average molecular weight is 426 g/mol. The maximum Gasteiger partial charge on any atom is 0.416 e. The largest absolute Gasteiger partial charge is 0.416 e. The Kier molecular flexibility index (Phi) is 5.43. The Morgan fingerprint density at radius 3 is 2.42 bits per heavy atom. The molecule has 1 aliphatic heterocycles. The molecule has 31 heavy (non-hydrogen) atoms. The first kappa shape index (κ1) is 20.9. The molecule has 0 saturated heterocycles. The highest BCUT2D eigenvalue weighted by Crippen LogP contribution is 2.46. The first-order chi connectivity index (χ1) is 14.8. The minimum absolute atomic E-state index is 0.0863. The quantitative estimate of drug-likeness (QED) is 0.699. The molecule has 1 aliphatic carbocycles. The molecule has 0 fully saturated rings. The van der Waals surface area contributed by atoms with Crippen molar-refractivity contribution >= 4 is 17.4 Å². The van der Waals surface area contributed by atoms with Gasteiger partial charge in [0, 0.05) is 40.6 Å². The standard InChI is InChI=1S/C24H21F3N2O2/c1-14-20(23(31)29-15-8-3-2-4-9-15)21(22-18(28-14)12-7-13-19(22)30)16-10-5-6-11-17(16)24(25,26)27/h2-6,8-11,21,28H,7,12-13H2,1H3,(H,29,31)/t21-/m0/s1. The van der Waals surface area contributed by atoms with Gasteiger partial charge in [0.05, 0.1) is 5.56 Å². The average Bonchev–Trinajstić information content (AvgIpc) is 2.73. The van der Waals surface area contributed by atoms with Gasteiger partial charge in [0.1, 0.15) is 0 Å². The molecule has 7 heteroatoms. The van der Waals surface area contributed by atoms with Crippen molar-refractivity contribution < 1.29 is 22.8 Å². The number of amides is 1. The Hall–Kier alpha value is -3.35. The first-order valence-electron chi connectivity index (χ1n) is 10.0. The summed E-state index contributed by atoms with van der Waals surface area (Å²) in [5.74, 6) is -1.86. The number of para-hydroxylation sites is 1. The molecule has 0 radical (unpaired) electrons. The fourth-order valence-corrected chi connectivity index (χ4v) is 4.32. The third-order valence-electron chi connectivity index (χ3n) is 5.63. The lowest BCUT2D eigenvalue weighted by atomic mass is 9.73. The van der Waals surface area contributed by atoms with E-state index in [2.05, 4.69) is 10.6 Å². The highest BCUT2D eigenvalue weighted by atomic mass is 19.4. The lowest BCUT2D eigenvalue weighted by Crippen LogP contribution is -2.36. The van der Waals surface area contributed by atoms with Crippen LogP contribution in [0, 0.1) is 0 Å². The molecule has 160 valence electrons. The smallest absolute Gasteiger partial charge is 0.362 e. The van der Waals surface area contributed by atoms with Crippen LogP contribution in [-0.4, -0.2) is 11.7 Å². The van der Waals surface area contributed by atoms with Crippen LogP contribution in [0.1, 0.15) is 43.2 Å². The van der Waals surface area contributed by atoms with Crippen LogP contribution >= 0.6 is 0 Å². The number of anilines is 1. The first-order valence-corrected chi connectivity index (χ1v) is 10.0. The molecule has 1 amide bonds. The summed E-state index contributed by atoms with van der Waals surface area (Å²) in [6.45, 7) is 1.66. The zero-order chi connectivity index (χ0) is 22.2. The Morgan fingerprint density at radius 1 is 1.03 bits per heavy atom. The van der Waals surface area contributed by atoms with Crippen LogP contribution in [0.15, 0.2) is 77.1 Å². The normalized spacial score (nSPS) is 19.1. The predicted molar refractivity (Wildman–Crippen MR) is 111 cm³/mol. The van der Waals surface area contributed by atoms with Crippen molar-refractivity contribution in [3.05, 3.63) is 88.3 Å². The van der Waals surface area contributed by atoms with Crippen LogP contribution in [0.3, 0.4) is 0 Å². The molecule has 0 aromatic heterocycles. The lowest BCUT2D eigenvalue weighted by molar-refractivity contribution is -0.138. The van der Waals surface area contributed by atoms with Gasteiger partial charge >= 0.3 is 6.18 Å². The maximum absolute atomic E-state index is 13.9. The molecule has 2 aromatic rings. The van der Waals surface area contributed by atoms with Crippen molar-refractivity contribution in [2.24, 2.45) is 0 Å². The molecule has 4 nitrogen and oxygen atoms in total.